The molecule has 0 saturated carbocycles. The monoisotopic (exact) mass is 225 g/mol. The molecule has 1 unspecified atom stereocenters. The van der Waals surface area contributed by atoms with Crippen molar-refractivity contribution < 1.29 is 4.74 Å². The molecular weight excluding hydrogens is 202 g/mol. The lowest BCUT2D eigenvalue weighted by molar-refractivity contribution is 0.161. The smallest absolute Gasteiger partial charge is 0.122 e. The molecule has 1 aromatic rings. The molecule has 0 aliphatic rings. The molecule has 0 radical (unpaired) electrons. The van der Waals surface area contributed by atoms with E-state index in [1.807, 2.05) is 12.4 Å². The molecule has 0 aliphatic carbocycles. The second-order valence-corrected chi connectivity index (χ2v) is 3.95. The van der Waals surface area contributed by atoms with Gasteiger partial charge >= 0.3 is 0 Å². The summed E-state index contributed by atoms with van der Waals surface area (Å²) in [4.78, 5) is 4.34. The number of imidazole rings is 1. The molecule has 0 aliphatic heterocycles. The number of ether oxygens (including phenoxy) is 1. The SMILES string of the molecule is CCCC(COC)NCc1nccn1CC. The molecule has 1 heterocycles. The molecule has 16 heavy (non-hydrogen) atoms. The van der Waals surface area contributed by atoms with Gasteiger partial charge in [-0.3, -0.25) is 0 Å². The molecule has 0 amide bonds. The summed E-state index contributed by atoms with van der Waals surface area (Å²) < 4.78 is 7.35. The highest BCUT2D eigenvalue weighted by Crippen LogP contribution is 2.01. The Morgan fingerprint density at radius 1 is 1.50 bits per heavy atom. The van der Waals surface area contributed by atoms with Gasteiger partial charge in [0.25, 0.3) is 0 Å². The first-order valence-electron chi connectivity index (χ1n) is 6.04. The molecule has 4 nitrogen and oxygen atoms in total. The first kappa shape index (κ1) is 13.2. The average Bonchev–Trinajstić information content (AvgIpc) is 2.74. The zero-order chi connectivity index (χ0) is 11.8. The fourth-order valence-electron chi connectivity index (χ4n) is 1.82. The average molecular weight is 225 g/mol. The minimum absolute atomic E-state index is 0.428. The Bertz CT molecular complexity index is 280. The van der Waals surface area contributed by atoms with Crippen LogP contribution >= 0.6 is 0 Å². The van der Waals surface area contributed by atoms with Crippen LogP contribution < -0.4 is 5.32 Å². The molecular formula is C12H23N3O. The largest absolute Gasteiger partial charge is 0.383 e. The number of nitrogens with one attached hydrogen (secondary N) is 1. The van der Waals surface area contributed by atoms with Gasteiger partial charge in [-0.2, -0.15) is 0 Å². The van der Waals surface area contributed by atoms with Gasteiger partial charge in [0.1, 0.15) is 5.82 Å². The van der Waals surface area contributed by atoms with Gasteiger partial charge in [-0.05, 0) is 13.3 Å². The van der Waals surface area contributed by atoms with Crippen molar-refractivity contribution in [2.45, 2.75) is 45.8 Å². The van der Waals surface area contributed by atoms with Crippen molar-refractivity contribution >= 4 is 0 Å². The van der Waals surface area contributed by atoms with Crippen LogP contribution in [-0.2, 0) is 17.8 Å². The van der Waals surface area contributed by atoms with Crippen molar-refractivity contribution in [2.75, 3.05) is 13.7 Å². The normalized spacial score (nSPS) is 12.9. The molecule has 1 rings (SSSR count). The fraction of sp³-hybridized carbons (Fsp3) is 0.750. The van der Waals surface area contributed by atoms with Gasteiger partial charge < -0.3 is 14.6 Å². The molecule has 0 fully saturated rings. The van der Waals surface area contributed by atoms with Gasteiger partial charge in [0.05, 0.1) is 13.2 Å². The van der Waals surface area contributed by atoms with Crippen LogP contribution in [0.3, 0.4) is 0 Å². The Hall–Kier alpha value is -0.870. The highest BCUT2D eigenvalue weighted by molar-refractivity contribution is 4.92. The van der Waals surface area contributed by atoms with Gasteiger partial charge in [0.2, 0.25) is 0 Å². The first-order chi connectivity index (χ1) is 7.81. The summed E-state index contributed by atoms with van der Waals surface area (Å²) >= 11 is 0. The molecule has 1 aromatic heterocycles. The summed E-state index contributed by atoms with van der Waals surface area (Å²) in [6.07, 6.45) is 6.18. The van der Waals surface area contributed by atoms with Gasteiger partial charge in [0, 0.05) is 32.1 Å². The van der Waals surface area contributed by atoms with E-state index >= 15 is 0 Å². The van der Waals surface area contributed by atoms with Crippen LogP contribution in [0.25, 0.3) is 0 Å². The number of rotatable bonds is 8. The number of nitrogens with zero attached hydrogens (tertiary/aromatic N) is 2. The minimum Gasteiger partial charge on any atom is -0.383 e. The second kappa shape index (κ2) is 7.41. The Morgan fingerprint density at radius 2 is 2.31 bits per heavy atom. The summed E-state index contributed by atoms with van der Waals surface area (Å²) in [5, 5.41) is 3.49. The topological polar surface area (TPSA) is 39.1 Å². The van der Waals surface area contributed by atoms with Crippen LogP contribution in [0, 0.1) is 0 Å². The van der Waals surface area contributed by atoms with Gasteiger partial charge in [-0.1, -0.05) is 13.3 Å². The van der Waals surface area contributed by atoms with Crippen LogP contribution in [0.1, 0.15) is 32.5 Å². The summed E-state index contributed by atoms with van der Waals surface area (Å²) in [7, 11) is 1.75. The summed E-state index contributed by atoms with van der Waals surface area (Å²) in [5.74, 6) is 1.10. The quantitative estimate of drug-likeness (QED) is 0.733. The third kappa shape index (κ3) is 3.94. The fourth-order valence-corrected chi connectivity index (χ4v) is 1.82. The third-order valence-corrected chi connectivity index (χ3v) is 2.70. The van der Waals surface area contributed by atoms with Crippen molar-refractivity contribution in [1.82, 2.24) is 14.9 Å². The van der Waals surface area contributed by atoms with E-state index in [9.17, 15) is 0 Å². The number of hydrogen-bond acceptors (Lipinski definition) is 3. The van der Waals surface area contributed by atoms with Crippen LogP contribution in [0.2, 0.25) is 0 Å². The van der Waals surface area contributed by atoms with E-state index < -0.39 is 0 Å². The van der Waals surface area contributed by atoms with Gasteiger partial charge in [-0.15, -0.1) is 0 Å². The van der Waals surface area contributed by atoms with Crippen molar-refractivity contribution in [1.29, 1.82) is 0 Å². The van der Waals surface area contributed by atoms with Crippen molar-refractivity contribution in [3.8, 4) is 0 Å². The van der Waals surface area contributed by atoms with E-state index in [0.717, 1.165) is 31.9 Å². The summed E-state index contributed by atoms with van der Waals surface area (Å²) in [5.41, 5.74) is 0. The Balaban J connectivity index is 2.41. The Kier molecular flexibility index (Phi) is 6.11. The number of hydrogen-bond donors (Lipinski definition) is 1. The summed E-state index contributed by atoms with van der Waals surface area (Å²) in [6, 6.07) is 0.428. The van der Waals surface area contributed by atoms with E-state index in [2.05, 4.69) is 28.7 Å². The third-order valence-electron chi connectivity index (χ3n) is 2.70. The van der Waals surface area contributed by atoms with Crippen LogP contribution in [0.15, 0.2) is 12.4 Å². The molecule has 0 aromatic carbocycles. The number of aromatic nitrogens is 2. The van der Waals surface area contributed by atoms with E-state index in [1.54, 1.807) is 7.11 Å². The Morgan fingerprint density at radius 3 is 2.94 bits per heavy atom. The van der Waals surface area contributed by atoms with Crippen molar-refractivity contribution in [3.05, 3.63) is 18.2 Å². The lowest BCUT2D eigenvalue weighted by Gasteiger charge is -2.17. The highest BCUT2D eigenvalue weighted by Gasteiger charge is 2.08. The maximum Gasteiger partial charge on any atom is 0.122 e. The van der Waals surface area contributed by atoms with E-state index in [1.165, 1.54) is 6.42 Å². The molecule has 0 spiro atoms. The van der Waals surface area contributed by atoms with Crippen molar-refractivity contribution in [3.63, 3.8) is 0 Å². The van der Waals surface area contributed by atoms with Crippen LogP contribution in [0.5, 0.6) is 0 Å². The standard InChI is InChI=1S/C12H23N3O/c1-4-6-11(10-16-3)14-9-12-13-7-8-15(12)5-2/h7-8,11,14H,4-6,9-10H2,1-3H3. The Labute approximate surface area is 98.0 Å². The zero-order valence-corrected chi connectivity index (χ0v) is 10.6. The molecule has 1 atom stereocenters. The van der Waals surface area contributed by atoms with E-state index in [4.69, 9.17) is 4.74 Å². The highest BCUT2D eigenvalue weighted by atomic mass is 16.5. The van der Waals surface area contributed by atoms with Crippen molar-refractivity contribution in [2.24, 2.45) is 0 Å². The second-order valence-electron chi connectivity index (χ2n) is 3.95. The van der Waals surface area contributed by atoms with E-state index in [0.29, 0.717) is 6.04 Å². The van der Waals surface area contributed by atoms with Crippen LogP contribution in [-0.4, -0.2) is 29.3 Å². The molecule has 4 heteroatoms. The predicted octanol–water partition coefficient (Wildman–Crippen LogP) is 1.81. The number of aryl methyl sites for hydroxylation is 1. The predicted molar refractivity (Wildman–Crippen MR) is 65.3 cm³/mol. The number of methoxy groups -OCH3 is 1. The maximum atomic E-state index is 5.19. The minimum atomic E-state index is 0.428. The van der Waals surface area contributed by atoms with Gasteiger partial charge in [-0.25, -0.2) is 4.98 Å². The molecule has 0 saturated heterocycles. The lowest BCUT2D eigenvalue weighted by Crippen LogP contribution is -2.33. The first-order valence-corrected chi connectivity index (χ1v) is 6.04. The molecule has 1 N–H and O–H groups in total. The van der Waals surface area contributed by atoms with Gasteiger partial charge in [0.15, 0.2) is 0 Å². The lowest BCUT2D eigenvalue weighted by atomic mass is 10.2. The maximum absolute atomic E-state index is 5.19. The zero-order valence-electron chi connectivity index (χ0n) is 10.6. The molecule has 92 valence electrons. The van der Waals surface area contributed by atoms with Crippen LogP contribution in [0.4, 0.5) is 0 Å². The molecule has 0 bridgehead atoms. The summed E-state index contributed by atoms with van der Waals surface area (Å²) in [6.45, 7) is 6.87. The van der Waals surface area contributed by atoms with E-state index in [-0.39, 0.29) is 0 Å².